The Morgan fingerprint density at radius 2 is 1.59 bits per heavy atom. The van der Waals surface area contributed by atoms with Crippen LogP contribution in [0, 0.1) is 0 Å². The fourth-order valence-corrected chi connectivity index (χ4v) is 4.70. The van der Waals surface area contributed by atoms with E-state index in [1.165, 1.54) is 25.3 Å². The van der Waals surface area contributed by atoms with Crippen LogP contribution in [-0.2, 0) is 16.4 Å². The van der Waals surface area contributed by atoms with Crippen molar-refractivity contribution in [3.63, 3.8) is 0 Å². The number of hydrogen-bond acceptors (Lipinski definition) is 5. The molecule has 9 heteroatoms. The predicted molar refractivity (Wildman–Crippen MR) is 124 cm³/mol. The van der Waals surface area contributed by atoms with Crippen molar-refractivity contribution in [3.05, 3.63) is 82.9 Å². The molecule has 0 atom stereocenters. The van der Waals surface area contributed by atoms with Gasteiger partial charge in [-0.2, -0.15) is 0 Å². The number of amides is 1. The summed E-state index contributed by atoms with van der Waals surface area (Å²) < 4.78 is 38.8. The van der Waals surface area contributed by atoms with Gasteiger partial charge in [0.15, 0.2) is 0 Å². The number of para-hydroxylation sites is 3. The van der Waals surface area contributed by atoms with Gasteiger partial charge in [-0.25, -0.2) is 8.42 Å². The SMILES string of the molecule is COc1ccccc1CCNC(=O)c1ccc(Cl)c(S(=O)(=O)Nc2ccccc2OC)c1. The van der Waals surface area contributed by atoms with Crippen molar-refractivity contribution in [2.75, 3.05) is 25.5 Å². The Morgan fingerprint density at radius 3 is 2.31 bits per heavy atom. The summed E-state index contributed by atoms with van der Waals surface area (Å²) in [7, 11) is -1.03. The summed E-state index contributed by atoms with van der Waals surface area (Å²) in [6, 6.07) is 18.2. The summed E-state index contributed by atoms with van der Waals surface area (Å²) in [6.45, 7) is 0.351. The standard InChI is InChI=1S/C23H23ClN2O5S/c1-30-20-9-5-3-7-16(20)13-14-25-23(27)17-11-12-18(24)22(15-17)32(28,29)26-19-8-4-6-10-21(19)31-2/h3-12,15,26H,13-14H2,1-2H3,(H,25,27). The molecule has 0 saturated heterocycles. The second-order valence-electron chi connectivity index (χ2n) is 6.77. The lowest BCUT2D eigenvalue weighted by Gasteiger charge is -2.13. The summed E-state index contributed by atoms with van der Waals surface area (Å²) in [5, 5.41) is 2.79. The zero-order valence-corrected chi connectivity index (χ0v) is 19.2. The highest BCUT2D eigenvalue weighted by molar-refractivity contribution is 7.92. The third kappa shape index (κ3) is 5.52. The molecule has 2 N–H and O–H groups in total. The molecule has 0 unspecified atom stereocenters. The number of nitrogens with one attached hydrogen (secondary N) is 2. The van der Waals surface area contributed by atoms with E-state index in [9.17, 15) is 13.2 Å². The Bertz CT molecular complexity index is 1210. The van der Waals surface area contributed by atoms with E-state index in [0.29, 0.717) is 18.7 Å². The molecule has 0 spiro atoms. The number of hydrogen-bond donors (Lipinski definition) is 2. The zero-order chi connectivity index (χ0) is 23.1. The molecule has 168 valence electrons. The van der Waals surface area contributed by atoms with Gasteiger partial charge >= 0.3 is 0 Å². The van der Waals surface area contributed by atoms with Gasteiger partial charge in [0.25, 0.3) is 15.9 Å². The Hall–Kier alpha value is -3.23. The highest BCUT2D eigenvalue weighted by Gasteiger charge is 2.21. The molecular formula is C23H23ClN2O5S. The minimum absolute atomic E-state index is 0.00188. The molecule has 0 fully saturated rings. The largest absolute Gasteiger partial charge is 0.496 e. The van der Waals surface area contributed by atoms with E-state index < -0.39 is 15.9 Å². The zero-order valence-electron chi connectivity index (χ0n) is 17.6. The fraction of sp³-hybridized carbons (Fsp3) is 0.174. The molecule has 32 heavy (non-hydrogen) atoms. The highest BCUT2D eigenvalue weighted by Crippen LogP contribution is 2.29. The Morgan fingerprint density at radius 1 is 0.938 bits per heavy atom. The Kier molecular flexibility index (Phi) is 7.61. The predicted octanol–water partition coefficient (Wildman–Crippen LogP) is 4.13. The minimum atomic E-state index is -4.06. The van der Waals surface area contributed by atoms with Crippen molar-refractivity contribution in [3.8, 4) is 11.5 Å². The van der Waals surface area contributed by atoms with Gasteiger partial charge in [-0.05, 0) is 48.4 Å². The van der Waals surface area contributed by atoms with Crippen LogP contribution >= 0.6 is 11.6 Å². The Labute approximate surface area is 192 Å². The summed E-state index contributed by atoms with van der Waals surface area (Å²) >= 11 is 6.15. The first-order chi connectivity index (χ1) is 15.4. The van der Waals surface area contributed by atoms with Crippen LogP contribution in [0.2, 0.25) is 5.02 Å². The fourth-order valence-electron chi connectivity index (χ4n) is 3.10. The van der Waals surface area contributed by atoms with Gasteiger partial charge < -0.3 is 14.8 Å². The van der Waals surface area contributed by atoms with E-state index in [4.69, 9.17) is 21.1 Å². The maximum atomic E-state index is 12.9. The van der Waals surface area contributed by atoms with Crippen LogP contribution in [-0.4, -0.2) is 35.1 Å². The molecule has 7 nitrogen and oxygen atoms in total. The van der Waals surface area contributed by atoms with Gasteiger partial charge in [-0.3, -0.25) is 9.52 Å². The number of halogens is 1. The topological polar surface area (TPSA) is 93.7 Å². The first-order valence-corrected chi connectivity index (χ1v) is 11.6. The van der Waals surface area contributed by atoms with E-state index >= 15 is 0 Å². The molecule has 0 saturated carbocycles. The quantitative estimate of drug-likeness (QED) is 0.486. The molecule has 3 rings (SSSR count). The third-order valence-electron chi connectivity index (χ3n) is 4.71. The lowest BCUT2D eigenvalue weighted by molar-refractivity contribution is 0.0954. The molecule has 0 aliphatic carbocycles. The smallest absolute Gasteiger partial charge is 0.263 e. The molecule has 0 heterocycles. The highest BCUT2D eigenvalue weighted by atomic mass is 35.5. The van der Waals surface area contributed by atoms with E-state index in [1.54, 1.807) is 31.4 Å². The number of methoxy groups -OCH3 is 2. The van der Waals surface area contributed by atoms with Crippen LogP contribution in [0.25, 0.3) is 0 Å². The van der Waals surface area contributed by atoms with Gasteiger partial charge in [0.05, 0.1) is 24.9 Å². The maximum Gasteiger partial charge on any atom is 0.263 e. The van der Waals surface area contributed by atoms with Crippen LogP contribution in [0.4, 0.5) is 5.69 Å². The van der Waals surface area contributed by atoms with Gasteiger partial charge in [0.1, 0.15) is 16.4 Å². The second kappa shape index (κ2) is 10.4. The summed E-state index contributed by atoms with van der Waals surface area (Å²) in [4.78, 5) is 12.4. The Balaban J connectivity index is 1.75. The molecule has 0 aliphatic heterocycles. The number of anilines is 1. The summed E-state index contributed by atoms with van der Waals surface area (Å²) in [5.74, 6) is 0.687. The normalized spacial score (nSPS) is 11.0. The lowest BCUT2D eigenvalue weighted by atomic mass is 10.1. The summed E-state index contributed by atoms with van der Waals surface area (Å²) in [6.07, 6.45) is 0.559. The van der Waals surface area contributed by atoms with Crippen molar-refractivity contribution in [1.82, 2.24) is 5.32 Å². The average Bonchev–Trinajstić information content (AvgIpc) is 2.79. The van der Waals surface area contributed by atoms with Crippen molar-refractivity contribution in [2.24, 2.45) is 0 Å². The van der Waals surface area contributed by atoms with E-state index in [2.05, 4.69) is 10.0 Å². The molecule has 3 aromatic rings. The number of carbonyl (C=O) groups is 1. The van der Waals surface area contributed by atoms with Crippen LogP contribution < -0.4 is 19.5 Å². The molecule has 0 aromatic heterocycles. The van der Waals surface area contributed by atoms with Crippen molar-refractivity contribution in [2.45, 2.75) is 11.3 Å². The van der Waals surface area contributed by atoms with Gasteiger partial charge in [-0.1, -0.05) is 41.9 Å². The number of sulfonamides is 1. The van der Waals surface area contributed by atoms with Crippen LogP contribution in [0.1, 0.15) is 15.9 Å². The van der Waals surface area contributed by atoms with Crippen molar-refractivity contribution >= 4 is 33.2 Å². The average molecular weight is 475 g/mol. The van der Waals surface area contributed by atoms with Gasteiger partial charge in [0, 0.05) is 12.1 Å². The van der Waals surface area contributed by atoms with E-state index in [0.717, 1.165) is 11.3 Å². The van der Waals surface area contributed by atoms with Crippen LogP contribution in [0.15, 0.2) is 71.6 Å². The van der Waals surface area contributed by atoms with E-state index in [1.807, 2.05) is 24.3 Å². The third-order valence-corrected chi connectivity index (χ3v) is 6.55. The molecule has 3 aromatic carbocycles. The number of rotatable bonds is 9. The first-order valence-electron chi connectivity index (χ1n) is 9.71. The minimum Gasteiger partial charge on any atom is -0.496 e. The number of ether oxygens (including phenoxy) is 2. The van der Waals surface area contributed by atoms with E-state index in [-0.39, 0.29) is 21.2 Å². The maximum absolute atomic E-state index is 12.9. The van der Waals surface area contributed by atoms with Gasteiger partial charge in [0.2, 0.25) is 0 Å². The molecular weight excluding hydrogens is 452 g/mol. The second-order valence-corrected chi connectivity index (χ2v) is 8.83. The van der Waals surface area contributed by atoms with Gasteiger partial charge in [-0.15, -0.1) is 0 Å². The number of carbonyl (C=O) groups excluding carboxylic acids is 1. The summed E-state index contributed by atoms with van der Waals surface area (Å²) in [5.41, 5.74) is 1.39. The molecule has 0 radical (unpaired) electrons. The monoisotopic (exact) mass is 474 g/mol. The number of benzene rings is 3. The van der Waals surface area contributed by atoms with Crippen molar-refractivity contribution < 1.29 is 22.7 Å². The first kappa shape index (κ1) is 23.4. The molecule has 0 bridgehead atoms. The van der Waals surface area contributed by atoms with Crippen LogP contribution in [0.5, 0.6) is 11.5 Å². The molecule has 1 amide bonds. The van der Waals surface area contributed by atoms with Crippen LogP contribution in [0.3, 0.4) is 0 Å². The lowest BCUT2D eigenvalue weighted by Crippen LogP contribution is -2.26. The molecule has 0 aliphatic rings. The van der Waals surface area contributed by atoms with Crippen molar-refractivity contribution in [1.29, 1.82) is 0 Å².